The lowest BCUT2D eigenvalue weighted by molar-refractivity contribution is 0.0600. The summed E-state index contributed by atoms with van der Waals surface area (Å²) in [5, 5.41) is 0.524. The molecule has 0 aliphatic heterocycles. The molecule has 0 heterocycles. The summed E-state index contributed by atoms with van der Waals surface area (Å²) in [5.74, 6) is -0.836. The molecule has 4 atom stereocenters. The van der Waals surface area contributed by atoms with Gasteiger partial charge in [-0.15, -0.1) is 26.8 Å². The van der Waals surface area contributed by atoms with Gasteiger partial charge in [-0.25, -0.2) is 17.6 Å². The molecule has 0 aromatic heterocycles. The number of methoxy groups -OCH3 is 1. The second kappa shape index (κ2) is 16.2. The first-order valence-electron chi connectivity index (χ1n) is 9.40. The van der Waals surface area contributed by atoms with Crippen molar-refractivity contribution < 1.29 is 22.3 Å². The van der Waals surface area contributed by atoms with Crippen molar-refractivity contribution >= 4 is 95.0 Å². The van der Waals surface area contributed by atoms with Gasteiger partial charge in [-0.2, -0.15) is 0 Å². The Bertz CT molecular complexity index is 1270. The summed E-state index contributed by atoms with van der Waals surface area (Å²) in [6, 6.07) is 16.3. The topological polar surface area (TPSA) is 60.4 Å². The summed E-state index contributed by atoms with van der Waals surface area (Å²) in [7, 11) is 11.9. The molecule has 0 saturated heterocycles. The van der Waals surface area contributed by atoms with Gasteiger partial charge >= 0.3 is 5.97 Å². The fourth-order valence-electron chi connectivity index (χ4n) is 2.42. The maximum absolute atomic E-state index is 12.6. The van der Waals surface area contributed by atoms with E-state index in [1.54, 1.807) is 12.1 Å². The van der Waals surface area contributed by atoms with Crippen molar-refractivity contribution in [3.8, 4) is 11.1 Å². The lowest BCUT2D eigenvalue weighted by Crippen LogP contribution is -2.00. The van der Waals surface area contributed by atoms with E-state index in [1.165, 1.54) is 20.1 Å². The first-order chi connectivity index (χ1) is 16.3. The SMILES string of the molecule is COC(=O)c1ccc(-c2cccc(Br)c2)c(Cl)c1.Cc1cc(S(=O)(=O)Cl)ccc1F.PPP(P)P. The van der Waals surface area contributed by atoms with Gasteiger partial charge in [0.15, 0.2) is 0 Å². The van der Waals surface area contributed by atoms with E-state index in [9.17, 15) is 17.6 Å². The Morgan fingerprint density at radius 1 is 1.11 bits per heavy atom. The molecule has 0 amide bonds. The molecule has 0 N–H and O–H groups in total. The lowest BCUT2D eigenvalue weighted by Gasteiger charge is -2.07. The molecule has 3 rings (SSSR count). The molecule has 35 heavy (non-hydrogen) atoms. The van der Waals surface area contributed by atoms with E-state index >= 15 is 0 Å². The van der Waals surface area contributed by atoms with Crippen LogP contribution in [0, 0.1) is 12.7 Å². The molecule has 0 aliphatic carbocycles. The predicted molar refractivity (Wildman–Crippen MR) is 164 cm³/mol. The maximum Gasteiger partial charge on any atom is 0.337 e. The molecular weight excluding hydrogens is 673 g/mol. The van der Waals surface area contributed by atoms with Gasteiger partial charge in [-0.1, -0.05) is 53.7 Å². The zero-order valence-corrected chi connectivity index (χ0v) is 27.8. The van der Waals surface area contributed by atoms with Gasteiger partial charge in [-0.05, 0) is 67.5 Å². The Labute approximate surface area is 233 Å². The zero-order chi connectivity index (χ0) is 26.8. The Kier molecular flexibility index (Phi) is 15.4. The van der Waals surface area contributed by atoms with Crippen LogP contribution < -0.4 is 0 Å². The quantitative estimate of drug-likeness (QED) is 0.155. The number of carbonyl (C=O) groups excluding carboxylic acids is 1. The highest BCUT2D eigenvalue weighted by Gasteiger charge is 2.11. The Hall–Kier alpha value is 0.220. The van der Waals surface area contributed by atoms with Crippen LogP contribution in [0.3, 0.4) is 0 Å². The monoisotopic (exact) mass is 694 g/mol. The highest BCUT2D eigenvalue weighted by molar-refractivity contribution is 9.10. The van der Waals surface area contributed by atoms with Crippen LogP contribution in [0.5, 0.6) is 0 Å². The largest absolute Gasteiger partial charge is 0.465 e. The van der Waals surface area contributed by atoms with Crippen LogP contribution in [0.15, 0.2) is 70.0 Å². The van der Waals surface area contributed by atoms with Crippen LogP contribution in [-0.4, -0.2) is 21.5 Å². The van der Waals surface area contributed by atoms with E-state index in [1.807, 2.05) is 30.3 Å². The van der Waals surface area contributed by atoms with Crippen molar-refractivity contribution in [2.75, 3.05) is 7.11 Å². The highest BCUT2D eigenvalue weighted by atomic mass is 79.9. The van der Waals surface area contributed by atoms with Gasteiger partial charge in [0.1, 0.15) is 5.82 Å². The average Bonchev–Trinajstić information content (AvgIpc) is 2.80. The molecule has 14 heteroatoms. The van der Waals surface area contributed by atoms with Gasteiger partial charge in [0.05, 0.1) is 17.6 Å². The van der Waals surface area contributed by atoms with Crippen molar-refractivity contribution in [2.24, 2.45) is 0 Å². The molecule has 4 nitrogen and oxygen atoms in total. The number of aryl methyl sites for hydroxylation is 1. The van der Waals surface area contributed by atoms with Gasteiger partial charge in [0, 0.05) is 25.7 Å². The molecule has 3 aromatic carbocycles. The van der Waals surface area contributed by atoms with Crippen molar-refractivity contribution in [1.29, 1.82) is 0 Å². The Morgan fingerprint density at radius 2 is 1.74 bits per heavy atom. The number of hydrogen-bond donors (Lipinski definition) is 0. The van der Waals surface area contributed by atoms with E-state index in [0.29, 0.717) is 10.6 Å². The van der Waals surface area contributed by atoms with Crippen LogP contribution in [-0.2, 0) is 13.8 Å². The minimum Gasteiger partial charge on any atom is -0.465 e. The van der Waals surface area contributed by atoms with E-state index in [0.717, 1.165) is 35.7 Å². The van der Waals surface area contributed by atoms with Crippen molar-refractivity contribution in [1.82, 2.24) is 0 Å². The smallest absolute Gasteiger partial charge is 0.337 e. The van der Waals surface area contributed by atoms with Gasteiger partial charge < -0.3 is 4.74 Å². The van der Waals surface area contributed by atoms with Gasteiger partial charge in [0.2, 0.25) is 0 Å². The molecular formula is C21H23BrCl2FO4P5S. The van der Waals surface area contributed by atoms with E-state index in [-0.39, 0.29) is 17.4 Å². The van der Waals surface area contributed by atoms with Gasteiger partial charge in [-0.3, -0.25) is 0 Å². The molecule has 0 spiro atoms. The minimum atomic E-state index is -3.74. The molecule has 4 unspecified atom stereocenters. The molecule has 0 bridgehead atoms. The Balaban J connectivity index is 0.000000310. The van der Waals surface area contributed by atoms with Crippen LogP contribution in [0.1, 0.15) is 15.9 Å². The Morgan fingerprint density at radius 3 is 2.20 bits per heavy atom. The molecule has 3 aromatic rings. The second-order valence-corrected chi connectivity index (χ2v) is 24.4. The summed E-state index contributed by atoms with van der Waals surface area (Å²) < 4.78 is 39.8. The molecule has 0 radical (unpaired) electrons. The molecule has 0 saturated carbocycles. The number of halogens is 4. The summed E-state index contributed by atoms with van der Waals surface area (Å²) in [4.78, 5) is 11.3. The third-order valence-corrected chi connectivity index (χ3v) is 18.2. The number of benzene rings is 3. The predicted octanol–water partition coefficient (Wildman–Crippen LogP) is 9.05. The van der Waals surface area contributed by atoms with Crippen LogP contribution in [0.25, 0.3) is 11.1 Å². The fraction of sp³-hybridized carbons (Fsp3) is 0.0952. The number of ether oxygens (including phenoxy) is 1. The second-order valence-electron chi connectivity index (χ2n) is 6.58. The van der Waals surface area contributed by atoms with E-state index in [4.69, 9.17) is 22.3 Å². The third-order valence-electron chi connectivity index (χ3n) is 4.09. The van der Waals surface area contributed by atoms with Crippen LogP contribution in [0.4, 0.5) is 4.39 Å². The first kappa shape index (κ1) is 33.2. The number of hydrogen-bond acceptors (Lipinski definition) is 4. The van der Waals surface area contributed by atoms with Crippen LogP contribution in [0.2, 0.25) is 5.02 Å². The maximum atomic E-state index is 12.6. The molecule has 190 valence electrons. The van der Waals surface area contributed by atoms with Crippen LogP contribution >= 0.6 is 79.9 Å². The van der Waals surface area contributed by atoms with E-state index < -0.39 is 20.8 Å². The first-order valence-corrected chi connectivity index (χ1v) is 21.1. The van der Waals surface area contributed by atoms with Crippen molar-refractivity contribution in [3.05, 3.63) is 87.1 Å². The minimum absolute atomic E-state index is 0.0805. The zero-order valence-electron chi connectivity index (χ0n) is 18.5. The molecule has 0 aliphatic rings. The standard InChI is InChI=1S/C14H10BrClO2.C7H6ClFO2S.H7P5/c1-18-14(17)10-5-6-12(13(16)8-10)9-3-2-4-11(15)7-9;1-5-4-6(12(8,10)11)2-3-7(5)9;1-4-5(2)3/h2-8H,1H3;2-4H,1H3;4H,1-3H2. The number of rotatable bonds is 4. The summed E-state index contributed by atoms with van der Waals surface area (Å²) in [6.07, 6.45) is 0. The highest BCUT2D eigenvalue weighted by Crippen LogP contribution is 2.71. The summed E-state index contributed by atoms with van der Waals surface area (Å²) >= 11 is 9.61. The fourth-order valence-corrected chi connectivity index (χ4v) is 3.94. The summed E-state index contributed by atoms with van der Waals surface area (Å²) in [5.41, 5.74) is 2.58. The van der Waals surface area contributed by atoms with Crippen molar-refractivity contribution in [3.63, 3.8) is 0 Å². The molecule has 0 fully saturated rings. The van der Waals surface area contributed by atoms with E-state index in [2.05, 4.69) is 47.5 Å². The van der Waals surface area contributed by atoms with Crippen molar-refractivity contribution in [2.45, 2.75) is 11.8 Å². The number of esters is 1. The third kappa shape index (κ3) is 12.1. The normalized spacial score (nSPS) is 10.9. The lowest BCUT2D eigenvalue weighted by atomic mass is 10.0. The average molecular weight is 696 g/mol. The number of carbonyl (C=O) groups is 1. The van der Waals surface area contributed by atoms with Gasteiger partial charge in [0.25, 0.3) is 9.05 Å². The summed E-state index contributed by atoms with van der Waals surface area (Å²) in [6.45, 7) is 1.70.